The fraction of sp³-hybridized carbons (Fsp3) is 0.206. The molecule has 0 aliphatic carbocycles. The van der Waals surface area contributed by atoms with E-state index in [-0.39, 0.29) is 31.4 Å². The SMILES string of the molecule is CCn1c2ccccc2c2cc(NC(=O)[C@@H]3CC(=NOCc4ccccc4)CN3C(=O)COc3ccccc3)ccc21. The molecule has 1 N–H and O–H groups in total. The first-order chi connectivity index (χ1) is 20.6. The summed E-state index contributed by atoms with van der Waals surface area (Å²) in [6.07, 6.45) is 0.273. The zero-order valence-electron chi connectivity index (χ0n) is 23.4. The minimum Gasteiger partial charge on any atom is -0.484 e. The molecule has 212 valence electrons. The fourth-order valence-electron chi connectivity index (χ4n) is 5.48. The highest BCUT2D eigenvalue weighted by molar-refractivity contribution is 6.11. The number of aromatic nitrogens is 1. The molecule has 42 heavy (non-hydrogen) atoms. The Hall–Kier alpha value is -5.11. The number of para-hydroxylation sites is 2. The van der Waals surface area contributed by atoms with Gasteiger partial charge in [-0.25, -0.2) is 0 Å². The molecule has 0 spiro atoms. The summed E-state index contributed by atoms with van der Waals surface area (Å²) in [5.41, 5.74) is 4.54. The van der Waals surface area contributed by atoms with Crippen LogP contribution in [0.25, 0.3) is 21.8 Å². The molecular formula is C34H32N4O4. The number of likely N-dealkylation sites (tertiary alicyclic amines) is 1. The zero-order valence-corrected chi connectivity index (χ0v) is 23.4. The highest BCUT2D eigenvalue weighted by Crippen LogP contribution is 2.31. The summed E-state index contributed by atoms with van der Waals surface area (Å²) >= 11 is 0. The Morgan fingerprint density at radius 2 is 1.60 bits per heavy atom. The molecule has 1 aliphatic heterocycles. The predicted octanol–water partition coefficient (Wildman–Crippen LogP) is 6.01. The van der Waals surface area contributed by atoms with Gasteiger partial charge in [-0.3, -0.25) is 9.59 Å². The summed E-state index contributed by atoms with van der Waals surface area (Å²) in [5.74, 6) is 0.00862. The van der Waals surface area contributed by atoms with Crippen LogP contribution < -0.4 is 10.1 Å². The fourth-order valence-corrected chi connectivity index (χ4v) is 5.48. The number of nitrogens with one attached hydrogen (secondary N) is 1. The van der Waals surface area contributed by atoms with Crippen LogP contribution in [0.1, 0.15) is 18.9 Å². The molecule has 1 atom stereocenters. The Morgan fingerprint density at radius 3 is 2.38 bits per heavy atom. The highest BCUT2D eigenvalue weighted by Gasteiger charge is 2.38. The summed E-state index contributed by atoms with van der Waals surface area (Å²) < 4.78 is 7.97. The van der Waals surface area contributed by atoms with Crippen molar-refractivity contribution >= 4 is 45.0 Å². The van der Waals surface area contributed by atoms with Crippen LogP contribution in [0.2, 0.25) is 0 Å². The number of anilines is 1. The van der Waals surface area contributed by atoms with E-state index in [0.717, 1.165) is 33.9 Å². The molecule has 1 aromatic heterocycles. The quantitative estimate of drug-likeness (QED) is 0.224. The number of ether oxygens (including phenoxy) is 1. The molecule has 0 saturated carbocycles. The van der Waals surface area contributed by atoms with E-state index in [1.807, 2.05) is 78.9 Å². The van der Waals surface area contributed by atoms with Gasteiger partial charge in [0.2, 0.25) is 5.91 Å². The van der Waals surface area contributed by atoms with Crippen LogP contribution in [0, 0.1) is 0 Å². The predicted molar refractivity (Wildman–Crippen MR) is 164 cm³/mol. The molecule has 2 amide bonds. The number of hydrogen-bond donors (Lipinski definition) is 1. The van der Waals surface area contributed by atoms with Crippen LogP contribution in [0.3, 0.4) is 0 Å². The van der Waals surface area contributed by atoms with Gasteiger partial charge in [0, 0.05) is 40.5 Å². The third-order valence-electron chi connectivity index (χ3n) is 7.51. The lowest BCUT2D eigenvalue weighted by Crippen LogP contribution is -2.45. The number of oxime groups is 1. The zero-order chi connectivity index (χ0) is 28.9. The molecule has 8 heteroatoms. The first-order valence-electron chi connectivity index (χ1n) is 14.1. The molecule has 2 heterocycles. The van der Waals surface area contributed by atoms with Crippen LogP contribution >= 0.6 is 0 Å². The van der Waals surface area contributed by atoms with E-state index in [9.17, 15) is 9.59 Å². The standard InChI is InChI=1S/C34H32N4O4/c1-2-37-30-16-10-9-15-28(30)29-19-25(17-18-31(29)37)35-34(40)32-20-26(36-42-22-24-11-5-3-6-12-24)21-38(32)33(39)23-41-27-13-7-4-8-14-27/h3-19,32H,2,20-23H2,1H3,(H,35,40)/t32-/m0/s1. The van der Waals surface area contributed by atoms with E-state index in [1.165, 1.54) is 4.90 Å². The van der Waals surface area contributed by atoms with Crippen molar-refractivity contribution in [2.24, 2.45) is 5.16 Å². The molecule has 1 saturated heterocycles. The number of carbonyl (C=O) groups excluding carboxylic acids is 2. The molecule has 8 nitrogen and oxygen atoms in total. The number of rotatable bonds is 9. The van der Waals surface area contributed by atoms with E-state index < -0.39 is 6.04 Å². The second kappa shape index (κ2) is 12.2. The summed E-state index contributed by atoms with van der Waals surface area (Å²) in [6, 6.07) is 32.3. The van der Waals surface area contributed by atoms with Crippen molar-refractivity contribution in [1.29, 1.82) is 0 Å². The van der Waals surface area contributed by atoms with Crippen molar-refractivity contribution in [3.63, 3.8) is 0 Å². The largest absolute Gasteiger partial charge is 0.484 e. The summed E-state index contributed by atoms with van der Waals surface area (Å²) in [4.78, 5) is 34.1. The number of aryl methyl sites for hydroxylation is 1. The van der Waals surface area contributed by atoms with Crippen LogP contribution in [0.15, 0.2) is 108 Å². The third kappa shape index (κ3) is 5.69. The third-order valence-corrected chi connectivity index (χ3v) is 7.51. The Bertz CT molecular complexity index is 1750. The summed E-state index contributed by atoms with van der Waals surface area (Å²) in [7, 11) is 0. The summed E-state index contributed by atoms with van der Waals surface area (Å²) in [6.45, 7) is 3.27. The van der Waals surface area contributed by atoms with Gasteiger partial charge in [0.1, 0.15) is 18.4 Å². The first kappa shape index (κ1) is 27.1. The van der Waals surface area contributed by atoms with Gasteiger partial charge >= 0.3 is 0 Å². The normalized spacial score (nSPS) is 15.8. The Morgan fingerprint density at radius 1 is 0.881 bits per heavy atom. The van der Waals surface area contributed by atoms with Crippen molar-refractivity contribution < 1.29 is 19.2 Å². The van der Waals surface area contributed by atoms with Gasteiger partial charge in [-0.05, 0) is 48.9 Å². The molecule has 4 aromatic carbocycles. The number of carbonyl (C=O) groups is 2. The maximum absolute atomic E-state index is 13.7. The second-order valence-corrected chi connectivity index (χ2v) is 10.2. The van der Waals surface area contributed by atoms with Crippen molar-refractivity contribution in [3.8, 4) is 5.75 Å². The van der Waals surface area contributed by atoms with Crippen molar-refractivity contribution in [3.05, 3.63) is 109 Å². The van der Waals surface area contributed by atoms with E-state index >= 15 is 0 Å². The van der Waals surface area contributed by atoms with Crippen LogP contribution in [0.4, 0.5) is 5.69 Å². The van der Waals surface area contributed by atoms with Gasteiger partial charge in [0.15, 0.2) is 6.61 Å². The van der Waals surface area contributed by atoms with Crippen LogP contribution in [-0.2, 0) is 27.6 Å². The van der Waals surface area contributed by atoms with Crippen molar-refractivity contribution in [2.45, 2.75) is 32.5 Å². The monoisotopic (exact) mass is 560 g/mol. The van der Waals surface area contributed by atoms with Gasteiger partial charge < -0.3 is 24.4 Å². The lowest BCUT2D eigenvalue weighted by molar-refractivity contribution is -0.138. The van der Waals surface area contributed by atoms with Crippen LogP contribution in [-0.4, -0.2) is 46.2 Å². The van der Waals surface area contributed by atoms with Crippen LogP contribution in [0.5, 0.6) is 5.75 Å². The highest BCUT2D eigenvalue weighted by atomic mass is 16.6. The topological polar surface area (TPSA) is 85.2 Å². The maximum atomic E-state index is 13.7. The van der Waals surface area contributed by atoms with Crippen molar-refractivity contribution in [1.82, 2.24) is 9.47 Å². The average molecular weight is 561 g/mol. The lowest BCUT2D eigenvalue weighted by atomic mass is 10.1. The number of fused-ring (bicyclic) bond motifs is 3. The molecule has 0 bridgehead atoms. The van der Waals surface area contributed by atoms with Gasteiger partial charge in [0.05, 0.1) is 12.3 Å². The minimum absolute atomic E-state index is 0.186. The van der Waals surface area contributed by atoms with E-state index in [1.54, 1.807) is 12.1 Å². The van der Waals surface area contributed by atoms with E-state index in [4.69, 9.17) is 9.57 Å². The minimum atomic E-state index is -0.747. The summed E-state index contributed by atoms with van der Waals surface area (Å²) in [5, 5.41) is 9.54. The van der Waals surface area contributed by atoms with Gasteiger partial charge in [-0.15, -0.1) is 0 Å². The second-order valence-electron chi connectivity index (χ2n) is 10.2. The van der Waals surface area contributed by atoms with E-state index in [0.29, 0.717) is 23.8 Å². The average Bonchev–Trinajstić information content (AvgIpc) is 3.60. The maximum Gasteiger partial charge on any atom is 0.261 e. The molecule has 0 unspecified atom stereocenters. The number of hydrogen-bond acceptors (Lipinski definition) is 5. The van der Waals surface area contributed by atoms with Gasteiger partial charge in [-0.1, -0.05) is 71.9 Å². The Kier molecular flexibility index (Phi) is 7.85. The first-order valence-corrected chi connectivity index (χ1v) is 14.1. The van der Waals surface area contributed by atoms with Gasteiger partial charge in [-0.2, -0.15) is 0 Å². The molecule has 1 fully saturated rings. The molecule has 1 aliphatic rings. The molecule has 5 aromatic rings. The van der Waals surface area contributed by atoms with Crippen molar-refractivity contribution in [2.75, 3.05) is 18.5 Å². The number of amides is 2. The smallest absolute Gasteiger partial charge is 0.261 e. The Balaban J connectivity index is 1.21. The molecular weight excluding hydrogens is 528 g/mol. The number of benzene rings is 4. The lowest BCUT2D eigenvalue weighted by Gasteiger charge is -2.23. The number of nitrogens with zero attached hydrogens (tertiary/aromatic N) is 3. The molecule has 0 radical (unpaired) electrons. The van der Waals surface area contributed by atoms with E-state index in [2.05, 4.69) is 34.1 Å². The van der Waals surface area contributed by atoms with Gasteiger partial charge in [0.25, 0.3) is 5.91 Å². The molecule has 6 rings (SSSR count). The Labute approximate surface area is 244 Å².